The summed E-state index contributed by atoms with van der Waals surface area (Å²) in [4.78, 5) is 12.3. The molecule has 2 aromatic rings. The summed E-state index contributed by atoms with van der Waals surface area (Å²) in [5, 5.41) is 11.3. The monoisotopic (exact) mass is 307 g/mol. The minimum absolute atomic E-state index is 0.209. The SMILES string of the molecule is Cc1nnc(C(CC(C)C)NC(=O)c2cccc(Cl)c2)o1. The van der Waals surface area contributed by atoms with E-state index in [2.05, 4.69) is 29.4 Å². The van der Waals surface area contributed by atoms with Crippen molar-refractivity contribution in [3.05, 3.63) is 46.6 Å². The molecule has 1 aromatic carbocycles. The van der Waals surface area contributed by atoms with E-state index in [-0.39, 0.29) is 11.9 Å². The maximum absolute atomic E-state index is 12.3. The van der Waals surface area contributed by atoms with Gasteiger partial charge < -0.3 is 9.73 Å². The van der Waals surface area contributed by atoms with Crippen LogP contribution in [0.1, 0.15) is 48.4 Å². The van der Waals surface area contributed by atoms with Gasteiger partial charge in [-0.1, -0.05) is 31.5 Å². The fourth-order valence-corrected chi connectivity index (χ4v) is 2.21. The average Bonchev–Trinajstić information content (AvgIpc) is 2.84. The number of nitrogens with one attached hydrogen (secondary N) is 1. The van der Waals surface area contributed by atoms with Crippen LogP contribution in [-0.4, -0.2) is 16.1 Å². The number of nitrogens with zero attached hydrogens (tertiary/aromatic N) is 2. The van der Waals surface area contributed by atoms with Gasteiger partial charge in [0.2, 0.25) is 11.8 Å². The summed E-state index contributed by atoms with van der Waals surface area (Å²) < 4.78 is 5.44. The van der Waals surface area contributed by atoms with E-state index in [1.807, 2.05) is 0 Å². The Balaban J connectivity index is 2.16. The van der Waals surface area contributed by atoms with Gasteiger partial charge in [0.05, 0.1) is 0 Å². The lowest BCUT2D eigenvalue weighted by molar-refractivity contribution is 0.0924. The highest BCUT2D eigenvalue weighted by atomic mass is 35.5. The molecule has 112 valence electrons. The van der Waals surface area contributed by atoms with Crippen LogP contribution in [0.3, 0.4) is 0 Å². The van der Waals surface area contributed by atoms with Crippen molar-refractivity contribution in [2.45, 2.75) is 33.2 Å². The molecule has 2 rings (SSSR count). The zero-order chi connectivity index (χ0) is 15.4. The zero-order valence-corrected chi connectivity index (χ0v) is 13.0. The molecule has 0 aliphatic heterocycles. The molecular formula is C15H18ClN3O2. The van der Waals surface area contributed by atoms with Crippen molar-refractivity contribution in [1.82, 2.24) is 15.5 Å². The molecule has 0 fully saturated rings. The molecule has 1 N–H and O–H groups in total. The molecule has 0 aliphatic carbocycles. The van der Waals surface area contributed by atoms with Gasteiger partial charge in [-0.15, -0.1) is 10.2 Å². The van der Waals surface area contributed by atoms with Crippen LogP contribution < -0.4 is 5.32 Å². The van der Waals surface area contributed by atoms with Gasteiger partial charge in [-0.2, -0.15) is 0 Å². The van der Waals surface area contributed by atoms with Crippen LogP contribution in [0.5, 0.6) is 0 Å². The highest BCUT2D eigenvalue weighted by Gasteiger charge is 2.22. The zero-order valence-electron chi connectivity index (χ0n) is 12.3. The summed E-state index contributed by atoms with van der Waals surface area (Å²) in [6.07, 6.45) is 0.716. The Labute approximate surface area is 128 Å². The van der Waals surface area contributed by atoms with E-state index >= 15 is 0 Å². The van der Waals surface area contributed by atoms with Crippen molar-refractivity contribution in [1.29, 1.82) is 0 Å². The normalized spacial score (nSPS) is 12.4. The lowest BCUT2D eigenvalue weighted by Crippen LogP contribution is -2.29. The predicted molar refractivity (Wildman–Crippen MR) is 80.1 cm³/mol. The first-order valence-electron chi connectivity index (χ1n) is 6.82. The van der Waals surface area contributed by atoms with Crippen LogP contribution in [0.2, 0.25) is 5.02 Å². The highest BCUT2D eigenvalue weighted by molar-refractivity contribution is 6.30. The molecule has 5 nitrogen and oxygen atoms in total. The molecule has 0 aliphatic rings. The number of benzene rings is 1. The molecule has 0 saturated carbocycles. The van der Waals surface area contributed by atoms with Crippen molar-refractivity contribution < 1.29 is 9.21 Å². The van der Waals surface area contributed by atoms with Crippen LogP contribution >= 0.6 is 11.6 Å². The van der Waals surface area contributed by atoms with Gasteiger partial charge in [-0.3, -0.25) is 4.79 Å². The third-order valence-electron chi connectivity index (χ3n) is 2.94. The fourth-order valence-electron chi connectivity index (χ4n) is 2.02. The smallest absolute Gasteiger partial charge is 0.251 e. The van der Waals surface area contributed by atoms with Gasteiger partial charge in [0.1, 0.15) is 6.04 Å². The highest BCUT2D eigenvalue weighted by Crippen LogP contribution is 2.21. The average molecular weight is 308 g/mol. The Morgan fingerprint density at radius 3 is 2.71 bits per heavy atom. The van der Waals surface area contributed by atoms with Gasteiger partial charge >= 0.3 is 0 Å². The van der Waals surface area contributed by atoms with Gasteiger partial charge in [0, 0.05) is 17.5 Å². The molecule has 0 spiro atoms. The maximum Gasteiger partial charge on any atom is 0.251 e. The van der Waals surface area contributed by atoms with E-state index in [0.29, 0.717) is 34.7 Å². The molecule has 0 bridgehead atoms. The quantitative estimate of drug-likeness (QED) is 0.917. The van der Waals surface area contributed by atoms with E-state index in [1.54, 1.807) is 31.2 Å². The van der Waals surface area contributed by atoms with E-state index in [9.17, 15) is 4.79 Å². The van der Waals surface area contributed by atoms with Crippen LogP contribution in [-0.2, 0) is 0 Å². The number of hydrogen-bond donors (Lipinski definition) is 1. The molecule has 1 heterocycles. The third-order valence-corrected chi connectivity index (χ3v) is 3.17. The second kappa shape index (κ2) is 6.72. The Morgan fingerprint density at radius 1 is 1.38 bits per heavy atom. The first-order chi connectivity index (χ1) is 9.95. The number of hydrogen-bond acceptors (Lipinski definition) is 4. The maximum atomic E-state index is 12.3. The van der Waals surface area contributed by atoms with Crippen LogP contribution in [0.25, 0.3) is 0 Å². The lowest BCUT2D eigenvalue weighted by Gasteiger charge is -2.17. The summed E-state index contributed by atoms with van der Waals surface area (Å²) in [5.41, 5.74) is 0.507. The van der Waals surface area contributed by atoms with Crippen molar-refractivity contribution >= 4 is 17.5 Å². The van der Waals surface area contributed by atoms with E-state index in [4.69, 9.17) is 16.0 Å². The molecule has 1 atom stereocenters. The standard InChI is InChI=1S/C15H18ClN3O2/c1-9(2)7-13(15-19-18-10(3)21-15)17-14(20)11-5-4-6-12(16)8-11/h4-6,8-9,13H,7H2,1-3H3,(H,17,20). The van der Waals surface area contributed by atoms with Crippen LogP contribution in [0.4, 0.5) is 0 Å². The molecule has 1 unspecified atom stereocenters. The summed E-state index contributed by atoms with van der Waals surface area (Å²) in [7, 11) is 0. The Kier molecular flexibility index (Phi) is 4.96. The van der Waals surface area contributed by atoms with Gasteiger partial charge in [-0.25, -0.2) is 0 Å². The second-order valence-electron chi connectivity index (χ2n) is 5.33. The first kappa shape index (κ1) is 15.5. The summed E-state index contributed by atoms with van der Waals surface area (Å²) >= 11 is 5.91. The number of aryl methyl sites for hydroxylation is 1. The minimum Gasteiger partial charge on any atom is -0.423 e. The Morgan fingerprint density at radius 2 is 2.14 bits per heavy atom. The topological polar surface area (TPSA) is 68.0 Å². The lowest BCUT2D eigenvalue weighted by atomic mass is 10.0. The number of amides is 1. The van der Waals surface area contributed by atoms with E-state index in [1.165, 1.54) is 0 Å². The Hall–Kier alpha value is -1.88. The van der Waals surface area contributed by atoms with Gasteiger partial charge in [0.15, 0.2) is 0 Å². The summed E-state index contributed by atoms with van der Waals surface area (Å²) in [6, 6.07) is 6.50. The molecule has 21 heavy (non-hydrogen) atoms. The van der Waals surface area contributed by atoms with Gasteiger partial charge in [0.25, 0.3) is 5.91 Å². The molecule has 6 heteroatoms. The van der Waals surface area contributed by atoms with Crippen LogP contribution in [0, 0.1) is 12.8 Å². The van der Waals surface area contributed by atoms with Crippen molar-refractivity contribution in [2.75, 3.05) is 0 Å². The summed E-state index contributed by atoms with van der Waals surface area (Å²) in [5.74, 6) is 1.08. The molecule has 1 amide bonds. The Bertz CT molecular complexity index is 625. The van der Waals surface area contributed by atoms with E-state index < -0.39 is 0 Å². The second-order valence-corrected chi connectivity index (χ2v) is 5.76. The summed E-state index contributed by atoms with van der Waals surface area (Å²) in [6.45, 7) is 5.87. The predicted octanol–water partition coefficient (Wildman–Crippen LogP) is 3.55. The number of rotatable bonds is 5. The molecule has 0 saturated heterocycles. The van der Waals surface area contributed by atoms with Crippen molar-refractivity contribution in [3.8, 4) is 0 Å². The number of carbonyl (C=O) groups is 1. The number of carbonyl (C=O) groups excluding carboxylic acids is 1. The minimum atomic E-state index is -0.308. The fraction of sp³-hybridized carbons (Fsp3) is 0.400. The van der Waals surface area contributed by atoms with Gasteiger partial charge in [-0.05, 0) is 30.5 Å². The first-order valence-corrected chi connectivity index (χ1v) is 7.20. The van der Waals surface area contributed by atoms with Crippen molar-refractivity contribution in [3.63, 3.8) is 0 Å². The molecule has 0 radical (unpaired) electrons. The molecule has 1 aromatic heterocycles. The third kappa shape index (κ3) is 4.29. The molecular weight excluding hydrogens is 290 g/mol. The number of halogens is 1. The number of aromatic nitrogens is 2. The van der Waals surface area contributed by atoms with Crippen molar-refractivity contribution in [2.24, 2.45) is 5.92 Å². The van der Waals surface area contributed by atoms with E-state index in [0.717, 1.165) is 0 Å². The largest absolute Gasteiger partial charge is 0.423 e. The van der Waals surface area contributed by atoms with Crippen LogP contribution in [0.15, 0.2) is 28.7 Å².